The lowest BCUT2D eigenvalue weighted by atomic mass is 9.99. The normalized spacial score (nSPS) is 14.9. The van der Waals surface area contributed by atoms with E-state index in [9.17, 15) is 4.79 Å². The number of fused-ring (bicyclic) bond motifs is 1. The van der Waals surface area contributed by atoms with Gasteiger partial charge in [-0.15, -0.1) is 11.6 Å². The molecule has 2 rings (SSSR count). The topological polar surface area (TPSA) is 26.3 Å². The Morgan fingerprint density at radius 3 is 3.00 bits per heavy atom. The van der Waals surface area contributed by atoms with Gasteiger partial charge < -0.3 is 4.74 Å². The number of alkyl halides is 1. The molecule has 0 amide bonds. The second kappa shape index (κ2) is 4.88. The van der Waals surface area contributed by atoms with Crippen LogP contribution in [-0.2, 0) is 6.42 Å². The molecule has 86 valence electrons. The first-order valence-corrected chi connectivity index (χ1v) is 6.11. The fraction of sp³-hybridized carbons (Fsp3) is 0.462. The number of carbonyl (C=O) groups excluding carboxylic acids is 1. The Kier molecular flexibility index (Phi) is 3.49. The Balaban J connectivity index is 2.50. The highest BCUT2D eigenvalue weighted by molar-refractivity contribution is 6.30. The average Bonchev–Trinajstić information content (AvgIpc) is 2.51. The number of benzene rings is 1. The summed E-state index contributed by atoms with van der Waals surface area (Å²) in [6.07, 6.45) is 3.15. The Morgan fingerprint density at radius 1 is 1.44 bits per heavy atom. The number of aryl methyl sites for hydroxylation is 2. The molecule has 0 fully saturated rings. The van der Waals surface area contributed by atoms with E-state index in [2.05, 4.69) is 6.07 Å². The summed E-state index contributed by atoms with van der Waals surface area (Å²) in [6, 6.07) is 3.97. The molecule has 0 atom stereocenters. The standard InChI is InChI=1S/C13H15ClO2/c1-9-6-10-4-2-3-5-16-13(10)11(7-9)12(15)8-14/h6-7H,2-5,8H2,1H3. The Labute approximate surface area is 101 Å². The number of halogens is 1. The van der Waals surface area contributed by atoms with E-state index in [0.29, 0.717) is 12.2 Å². The molecule has 1 heterocycles. The molecule has 0 N–H and O–H groups in total. The minimum atomic E-state index is -0.0523. The highest BCUT2D eigenvalue weighted by Crippen LogP contribution is 2.30. The number of hydrogen-bond acceptors (Lipinski definition) is 2. The fourth-order valence-electron chi connectivity index (χ4n) is 2.08. The van der Waals surface area contributed by atoms with E-state index in [4.69, 9.17) is 16.3 Å². The summed E-state index contributed by atoms with van der Waals surface area (Å²) in [6.45, 7) is 2.69. The van der Waals surface area contributed by atoms with Crippen molar-refractivity contribution in [2.24, 2.45) is 0 Å². The van der Waals surface area contributed by atoms with Crippen LogP contribution in [0.2, 0.25) is 0 Å². The Bertz CT molecular complexity index is 413. The predicted molar refractivity (Wildman–Crippen MR) is 64.7 cm³/mol. The third-order valence-corrected chi connectivity index (χ3v) is 3.06. The lowest BCUT2D eigenvalue weighted by Gasteiger charge is -2.12. The van der Waals surface area contributed by atoms with Crippen LogP contribution in [0.1, 0.15) is 34.3 Å². The van der Waals surface area contributed by atoms with Crippen LogP contribution in [0, 0.1) is 6.92 Å². The summed E-state index contributed by atoms with van der Waals surface area (Å²) in [5.41, 5.74) is 2.88. The number of ether oxygens (including phenoxy) is 1. The second-order valence-electron chi connectivity index (χ2n) is 4.16. The maximum atomic E-state index is 11.7. The van der Waals surface area contributed by atoms with E-state index < -0.39 is 0 Å². The Morgan fingerprint density at radius 2 is 2.25 bits per heavy atom. The molecular weight excluding hydrogens is 224 g/mol. The van der Waals surface area contributed by atoms with Gasteiger partial charge in [-0.3, -0.25) is 4.79 Å². The first kappa shape index (κ1) is 11.5. The summed E-state index contributed by atoms with van der Waals surface area (Å²) in [4.78, 5) is 11.7. The van der Waals surface area contributed by atoms with E-state index in [1.165, 1.54) is 0 Å². The summed E-state index contributed by atoms with van der Waals surface area (Å²) in [5.74, 6) is 0.719. The van der Waals surface area contributed by atoms with Crippen molar-refractivity contribution < 1.29 is 9.53 Å². The molecule has 3 heteroatoms. The van der Waals surface area contributed by atoms with Crippen molar-refractivity contribution in [1.82, 2.24) is 0 Å². The molecule has 1 aromatic rings. The number of ketones is 1. The number of hydrogen-bond donors (Lipinski definition) is 0. The molecule has 2 nitrogen and oxygen atoms in total. The van der Waals surface area contributed by atoms with Crippen molar-refractivity contribution in [3.8, 4) is 5.75 Å². The lowest BCUT2D eigenvalue weighted by molar-refractivity contribution is 0.101. The fourth-order valence-corrected chi connectivity index (χ4v) is 2.22. The zero-order valence-corrected chi connectivity index (χ0v) is 10.1. The molecule has 0 aromatic heterocycles. The van der Waals surface area contributed by atoms with E-state index in [0.717, 1.165) is 36.1 Å². The van der Waals surface area contributed by atoms with Gasteiger partial charge in [0.2, 0.25) is 0 Å². The van der Waals surface area contributed by atoms with Gasteiger partial charge in [0.15, 0.2) is 5.78 Å². The van der Waals surface area contributed by atoms with Crippen LogP contribution in [0.4, 0.5) is 0 Å². The summed E-state index contributed by atoms with van der Waals surface area (Å²) in [7, 11) is 0. The second-order valence-corrected chi connectivity index (χ2v) is 4.43. The highest BCUT2D eigenvalue weighted by Gasteiger charge is 2.18. The molecule has 0 unspecified atom stereocenters. The van der Waals surface area contributed by atoms with Gasteiger partial charge in [0.1, 0.15) is 5.75 Å². The zero-order valence-electron chi connectivity index (χ0n) is 9.38. The first-order valence-electron chi connectivity index (χ1n) is 5.58. The third-order valence-electron chi connectivity index (χ3n) is 2.82. The maximum absolute atomic E-state index is 11.7. The highest BCUT2D eigenvalue weighted by atomic mass is 35.5. The molecule has 1 aliphatic rings. The van der Waals surface area contributed by atoms with E-state index in [1.807, 2.05) is 13.0 Å². The molecule has 0 saturated carbocycles. The molecule has 16 heavy (non-hydrogen) atoms. The smallest absolute Gasteiger partial charge is 0.181 e. The largest absolute Gasteiger partial charge is 0.493 e. The molecule has 0 saturated heterocycles. The SMILES string of the molecule is Cc1cc2c(c(C(=O)CCl)c1)OCCCC2. The molecular formula is C13H15ClO2. The van der Waals surface area contributed by atoms with Gasteiger partial charge in [-0.1, -0.05) is 6.07 Å². The van der Waals surface area contributed by atoms with Gasteiger partial charge >= 0.3 is 0 Å². The van der Waals surface area contributed by atoms with Gasteiger partial charge in [0.25, 0.3) is 0 Å². The molecule has 0 bridgehead atoms. The lowest BCUT2D eigenvalue weighted by Crippen LogP contribution is -2.07. The van der Waals surface area contributed by atoms with Gasteiger partial charge in [0, 0.05) is 0 Å². The quantitative estimate of drug-likeness (QED) is 0.585. The van der Waals surface area contributed by atoms with Crippen LogP contribution in [0.5, 0.6) is 5.75 Å². The van der Waals surface area contributed by atoms with Gasteiger partial charge in [0.05, 0.1) is 18.1 Å². The van der Waals surface area contributed by atoms with Crippen LogP contribution >= 0.6 is 11.6 Å². The maximum Gasteiger partial charge on any atom is 0.181 e. The van der Waals surface area contributed by atoms with Crippen molar-refractivity contribution >= 4 is 17.4 Å². The summed E-state index contributed by atoms with van der Waals surface area (Å²) >= 11 is 5.62. The predicted octanol–water partition coefficient (Wildman–Crippen LogP) is 3.13. The monoisotopic (exact) mass is 238 g/mol. The molecule has 0 radical (unpaired) electrons. The van der Waals surface area contributed by atoms with E-state index in [1.54, 1.807) is 0 Å². The zero-order chi connectivity index (χ0) is 11.5. The van der Waals surface area contributed by atoms with Crippen molar-refractivity contribution in [2.45, 2.75) is 26.2 Å². The number of carbonyl (C=O) groups is 1. The van der Waals surface area contributed by atoms with Crippen molar-refractivity contribution in [1.29, 1.82) is 0 Å². The number of Topliss-reactive ketones (excluding diaryl/α,β-unsaturated/α-hetero) is 1. The van der Waals surface area contributed by atoms with Crippen LogP contribution in [0.3, 0.4) is 0 Å². The van der Waals surface area contributed by atoms with Crippen molar-refractivity contribution in [3.05, 3.63) is 28.8 Å². The van der Waals surface area contributed by atoms with E-state index >= 15 is 0 Å². The average molecular weight is 239 g/mol. The van der Waals surface area contributed by atoms with Crippen LogP contribution in [-0.4, -0.2) is 18.3 Å². The summed E-state index contributed by atoms with van der Waals surface area (Å²) in [5, 5.41) is 0. The number of rotatable bonds is 2. The summed E-state index contributed by atoms with van der Waals surface area (Å²) < 4.78 is 5.68. The van der Waals surface area contributed by atoms with Crippen LogP contribution in [0.25, 0.3) is 0 Å². The molecule has 0 aliphatic carbocycles. The minimum absolute atomic E-state index is 0.0131. The van der Waals surface area contributed by atoms with Gasteiger partial charge in [-0.25, -0.2) is 0 Å². The first-order chi connectivity index (χ1) is 7.72. The van der Waals surface area contributed by atoms with Crippen molar-refractivity contribution in [2.75, 3.05) is 12.5 Å². The molecule has 1 aromatic carbocycles. The van der Waals surface area contributed by atoms with Gasteiger partial charge in [-0.2, -0.15) is 0 Å². The van der Waals surface area contributed by atoms with Crippen LogP contribution < -0.4 is 4.74 Å². The van der Waals surface area contributed by atoms with E-state index in [-0.39, 0.29) is 11.7 Å². The molecule has 0 spiro atoms. The third kappa shape index (κ3) is 2.22. The van der Waals surface area contributed by atoms with Crippen molar-refractivity contribution in [3.63, 3.8) is 0 Å². The Hall–Kier alpha value is -1.02. The molecule has 1 aliphatic heterocycles. The van der Waals surface area contributed by atoms with Crippen LogP contribution in [0.15, 0.2) is 12.1 Å². The van der Waals surface area contributed by atoms with Gasteiger partial charge in [-0.05, 0) is 43.4 Å². The minimum Gasteiger partial charge on any atom is -0.493 e.